The normalized spacial score (nSPS) is 10.4. The number of carbonyl (C=O) groups excluding carboxylic acids is 1. The summed E-state index contributed by atoms with van der Waals surface area (Å²) in [5, 5.41) is 0. The molecule has 0 aliphatic rings. The van der Waals surface area contributed by atoms with Crippen LogP contribution in [0.15, 0.2) is 12.1 Å². The maximum atomic E-state index is 12.1. The molecule has 0 heterocycles. The molecule has 3 nitrogen and oxygen atoms in total. The largest absolute Gasteiger partial charge is 0.496 e. The molecule has 0 spiro atoms. The summed E-state index contributed by atoms with van der Waals surface area (Å²) in [5.74, 6) is 0.959. The maximum Gasteiger partial charge on any atom is 0.165 e. The van der Waals surface area contributed by atoms with Gasteiger partial charge in [0, 0.05) is 18.6 Å². The van der Waals surface area contributed by atoms with Gasteiger partial charge in [-0.3, -0.25) is 4.79 Å². The van der Waals surface area contributed by atoms with Gasteiger partial charge in [0.2, 0.25) is 0 Å². The molecule has 0 saturated heterocycles. The lowest BCUT2D eigenvalue weighted by Gasteiger charge is -2.10. The molecule has 0 aromatic heterocycles. The zero-order valence-corrected chi connectivity index (χ0v) is 11.7. The van der Waals surface area contributed by atoms with Gasteiger partial charge >= 0.3 is 0 Å². The zero-order valence-electron chi connectivity index (χ0n) is 11.7. The molecule has 0 amide bonds. The van der Waals surface area contributed by atoms with E-state index in [1.807, 2.05) is 26.0 Å². The van der Waals surface area contributed by atoms with Crippen molar-refractivity contribution in [3.8, 4) is 5.75 Å². The van der Waals surface area contributed by atoms with Crippen molar-refractivity contribution in [1.82, 2.24) is 0 Å². The Balaban J connectivity index is 2.71. The smallest absolute Gasteiger partial charge is 0.165 e. The lowest BCUT2D eigenvalue weighted by atomic mass is 9.99. The minimum absolute atomic E-state index is 0.134. The second kappa shape index (κ2) is 7.17. The molecular weight excluding hydrogens is 228 g/mol. The second-order valence-corrected chi connectivity index (χ2v) is 4.42. The molecule has 3 heteroatoms. The first-order chi connectivity index (χ1) is 8.60. The van der Waals surface area contributed by atoms with Crippen LogP contribution in [0.1, 0.15) is 41.3 Å². The molecule has 1 aromatic rings. The number of hydrogen-bond acceptors (Lipinski definition) is 3. The number of ketones is 1. The van der Waals surface area contributed by atoms with Gasteiger partial charge in [-0.05, 0) is 43.5 Å². The molecule has 1 aromatic carbocycles. The van der Waals surface area contributed by atoms with E-state index in [1.165, 1.54) is 0 Å². The topological polar surface area (TPSA) is 35.5 Å². The van der Waals surface area contributed by atoms with Crippen LogP contribution in [0.25, 0.3) is 0 Å². The average molecular weight is 250 g/mol. The fraction of sp³-hybridized carbons (Fsp3) is 0.533. The van der Waals surface area contributed by atoms with Crippen LogP contribution in [0.4, 0.5) is 0 Å². The Kier molecular flexibility index (Phi) is 5.86. The van der Waals surface area contributed by atoms with Crippen molar-refractivity contribution in [3.63, 3.8) is 0 Å². The Morgan fingerprint density at radius 1 is 1.17 bits per heavy atom. The summed E-state index contributed by atoms with van der Waals surface area (Å²) < 4.78 is 10.6. The fourth-order valence-corrected chi connectivity index (χ4v) is 1.86. The Morgan fingerprint density at radius 3 is 2.50 bits per heavy atom. The van der Waals surface area contributed by atoms with Gasteiger partial charge in [-0.2, -0.15) is 0 Å². The molecule has 0 radical (unpaired) electrons. The number of rotatable bonds is 7. The molecule has 0 fully saturated rings. The van der Waals surface area contributed by atoms with E-state index in [4.69, 9.17) is 9.47 Å². The molecule has 0 atom stereocenters. The van der Waals surface area contributed by atoms with Crippen LogP contribution in [-0.4, -0.2) is 26.1 Å². The third kappa shape index (κ3) is 3.84. The van der Waals surface area contributed by atoms with Gasteiger partial charge in [0.25, 0.3) is 0 Å². The SMILES string of the molecule is CCCOCCC(=O)c1cc(C)c(OC)cc1C. The van der Waals surface area contributed by atoms with E-state index < -0.39 is 0 Å². The maximum absolute atomic E-state index is 12.1. The number of ether oxygens (including phenoxy) is 2. The number of aryl methyl sites for hydroxylation is 2. The molecule has 18 heavy (non-hydrogen) atoms. The van der Waals surface area contributed by atoms with Crippen molar-refractivity contribution in [1.29, 1.82) is 0 Å². The number of carbonyl (C=O) groups is 1. The highest BCUT2D eigenvalue weighted by Crippen LogP contribution is 2.23. The van der Waals surface area contributed by atoms with Crippen molar-refractivity contribution in [2.24, 2.45) is 0 Å². The van der Waals surface area contributed by atoms with Gasteiger partial charge in [0.1, 0.15) is 5.75 Å². The highest BCUT2D eigenvalue weighted by Gasteiger charge is 2.11. The van der Waals surface area contributed by atoms with Crippen LogP contribution in [0, 0.1) is 13.8 Å². The van der Waals surface area contributed by atoms with Crippen molar-refractivity contribution in [2.45, 2.75) is 33.6 Å². The summed E-state index contributed by atoms with van der Waals surface area (Å²) in [6.45, 7) is 7.15. The standard InChI is InChI=1S/C15H22O3/c1-5-7-18-8-6-14(16)13-9-12(3)15(17-4)10-11(13)2/h9-10H,5-8H2,1-4H3. The summed E-state index contributed by atoms with van der Waals surface area (Å²) >= 11 is 0. The monoisotopic (exact) mass is 250 g/mol. The summed E-state index contributed by atoms with van der Waals surface area (Å²) in [6, 6.07) is 3.81. The highest BCUT2D eigenvalue weighted by atomic mass is 16.5. The van der Waals surface area contributed by atoms with Crippen LogP contribution in [0.2, 0.25) is 0 Å². The van der Waals surface area contributed by atoms with Crippen molar-refractivity contribution >= 4 is 5.78 Å². The van der Waals surface area contributed by atoms with E-state index >= 15 is 0 Å². The molecule has 0 N–H and O–H groups in total. The molecular formula is C15H22O3. The number of benzene rings is 1. The Bertz CT molecular complexity index is 410. The van der Waals surface area contributed by atoms with Crippen molar-refractivity contribution in [2.75, 3.05) is 20.3 Å². The van der Waals surface area contributed by atoms with E-state index in [9.17, 15) is 4.79 Å². The predicted molar refractivity (Wildman–Crippen MR) is 72.5 cm³/mol. The van der Waals surface area contributed by atoms with E-state index in [1.54, 1.807) is 7.11 Å². The van der Waals surface area contributed by atoms with Gasteiger partial charge < -0.3 is 9.47 Å². The van der Waals surface area contributed by atoms with Gasteiger partial charge in [0.15, 0.2) is 5.78 Å². The first kappa shape index (κ1) is 14.7. The predicted octanol–water partition coefficient (Wildman–Crippen LogP) is 3.31. The van der Waals surface area contributed by atoms with E-state index in [0.717, 1.165) is 28.9 Å². The minimum atomic E-state index is 0.134. The minimum Gasteiger partial charge on any atom is -0.496 e. The van der Waals surface area contributed by atoms with E-state index in [-0.39, 0.29) is 5.78 Å². The van der Waals surface area contributed by atoms with Gasteiger partial charge in [-0.1, -0.05) is 6.92 Å². The molecule has 1 rings (SSSR count). The van der Waals surface area contributed by atoms with E-state index in [0.29, 0.717) is 19.6 Å². The fourth-order valence-electron chi connectivity index (χ4n) is 1.86. The first-order valence-electron chi connectivity index (χ1n) is 6.36. The number of methoxy groups -OCH3 is 1. The van der Waals surface area contributed by atoms with Gasteiger partial charge in [-0.25, -0.2) is 0 Å². The summed E-state index contributed by atoms with van der Waals surface area (Å²) in [7, 11) is 1.64. The molecule has 0 saturated carbocycles. The molecule has 0 bridgehead atoms. The number of hydrogen-bond donors (Lipinski definition) is 0. The van der Waals surface area contributed by atoms with E-state index in [2.05, 4.69) is 6.92 Å². The van der Waals surface area contributed by atoms with Crippen LogP contribution in [0.5, 0.6) is 5.75 Å². The van der Waals surface area contributed by atoms with Crippen molar-refractivity contribution < 1.29 is 14.3 Å². The first-order valence-corrected chi connectivity index (χ1v) is 6.36. The lowest BCUT2D eigenvalue weighted by Crippen LogP contribution is -2.07. The zero-order chi connectivity index (χ0) is 13.5. The van der Waals surface area contributed by atoms with Crippen LogP contribution in [0.3, 0.4) is 0 Å². The summed E-state index contributed by atoms with van der Waals surface area (Å²) in [5.41, 5.74) is 2.72. The Labute approximate surface area is 109 Å². The number of Topliss-reactive ketones (excluding diaryl/α,β-unsaturated/α-hetero) is 1. The van der Waals surface area contributed by atoms with Crippen LogP contribution >= 0.6 is 0 Å². The third-order valence-electron chi connectivity index (χ3n) is 2.86. The van der Waals surface area contributed by atoms with Gasteiger partial charge in [-0.15, -0.1) is 0 Å². The Morgan fingerprint density at radius 2 is 1.89 bits per heavy atom. The van der Waals surface area contributed by atoms with Crippen molar-refractivity contribution in [3.05, 3.63) is 28.8 Å². The quantitative estimate of drug-likeness (QED) is 0.550. The highest BCUT2D eigenvalue weighted by molar-refractivity contribution is 5.97. The average Bonchev–Trinajstić information content (AvgIpc) is 2.36. The Hall–Kier alpha value is -1.35. The lowest BCUT2D eigenvalue weighted by molar-refractivity contribution is 0.0878. The van der Waals surface area contributed by atoms with Crippen LogP contribution in [-0.2, 0) is 4.74 Å². The summed E-state index contributed by atoms with van der Waals surface area (Å²) in [6.07, 6.45) is 1.42. The third-order valence-corrected chi connectivity index (χ3v) is 2.86. The second-order valence-electron chi connectivity index (χ2n) is 4.42. The molecule has 0 unspecified atom stereocenters. The molecule has 0 aliphatic carbocycles. The van der Waals surface area contributed by atoms with Gasteiger partial charge in [0.05, 0.1) is 13.7 Å². The van der Waals surface area contributed by atoms with Crippen LogP contribution < -0.4 is 4.74 Å². The molecule has 100 valence electrons. The summed E-state index contributed by atoms with van der Waals surface area (Å²) in [4.78, 5) is 12.1. The molecule has 0 aliphatic heterocycles.